The number of aryl methyl sites for hydroxylation is 2. The summed E-state index contributed by atoms with van der Waals surface area (Å²) in [6.07, 6.45) is 10.5. The van der Waals surface area contributed by atoms with Crippen LogP contribution in [0.25, 0.3) is 44.4 Å². The predicted octanol–water partition coefficient (Wildman–Crippen LogP) is 12.2. The van der Waals surface area contributed by atoms with Crippen LogP contribution in [0.15, 0.2) is 91.4 Å². The Morgan fingerprint density at radius 3 is 2.25 bits per heavy atom. The molecule has 0 saturated carbocycles. The second-order valence-electron chi connectivity index (χ2n) is 16.1. The van der Waals surface area contributed by atoms with E-state index in [-0.39, 0.29) is 31.9 Å². The van der Waals surface area contributed by atoms with Gasteiger partial charge in [-0.05, 0) is 93.2 Å². The van der Waals surface area contributed by atoms with Gasteiger partial charge in [0.1, 0.15) is 5.82 Å². The van der Waals surface area contributed by atoms with Crippen molar-refractivity contribution in [3.8, 4) is 34.1 Å². The standard InChI is InChI=1S/C47H50N4O.Pt/c1-10-15-32-26-40(46(4,5)6)44(45(47(7,8)9)37(32)16-11-2)33-29-49-50(30-33)34-17-14-18-35(27-34)52-36-21-22-39-38-19-12-13-20-41(38)51(42(39)28-36)43-25-31(3)23-24-48-43;/h12-14,17-26,29-30H,10-11,15-16H2,1-9H3;/q-2;+2. The van der Waals surface area contributed by atoms with Crippen molar-refractivity contribution < 1.29 is 25.8 Å². The number of aromatic nitrogens is 4. The number of hydrogen-bond donors (Lipinski definition) is 0. The zero-order valence-electron chi connectivity index (χ0n) is 32.5. The molecule has 274 valence electrons. The molecule has 3 aromatic heterocycles. The van der Waals surface area contributed by atoms with Crippen LogP contribution in [0.4, 0.5) is 0 Å². The molecule has 4 aromatic carbocycles. The summed E-state index contributed by atoms with van der Waals surface area (Å²) >= 11 is 0. The maximum Gasteiger partial charge on any atom is 2.00 e. The summed E-state index contributed by atoms with van der Waals surface area (Å²) in [5.41, 5.74) is 12.2. The summed E-state index contributed by atoms with van der Waals surface area (Å²) in [5.74, 6) is 2.06. The summed E-state index contributed by atoms with van der Waals surface area (Å²) < 4.78 is 10.6. The molecule has 0 radical (unpaired) electrons. The second kappa shape index (κ2) is 15.1. The van der Waals surface area contributed by atoms with Gasteiger partial charge in [-0.3, -0.25) is 4.68 Å². The molecule has 7 aromatic rings. The topological polar surface area (TPSA) is 44.9 Å². The van der Waals surface area contributed by atoms with E-state index in [1.54, 1.807) is 0 Å². The zero-order chi connectivity index (χ0) is 36.8. The minimum Gasteiger partial charge on any atom is -0.509 e. The van der Waals surface area contributed by atoms with Crippen LogP contribution in [0, 0.1) is 19.1 Å². The first-order chi connectivity index (χ1) is 24.9. The summed E-state index contributed by atoms with van der Waals surface area (Å²) in [6, 6.07) is 32.1. The van der Waals surface area contributed by atoms with Crippen LogP contribution in [0.5, 0.6) is 11.5 Å². The first-order valence-electron chi connectivity index (χ1n) is 18.7. The van der Waals surface area contributed by atoms with Gasteiger partial charge in [0, 0.05) is 35.0 Å². The molecule has 0 fully saturated rings. The zero-order valence-corrected chi connectivity index (χ0v) is 34.8. The molecule has 6 heteroatoms. The molecule has 5 nitrogen and oxygen atoms in total. The van der Waals surface area contributed by atoms with Gasteiger partial charge in [-0.1, -0.05) is 98.0 Å². The van der Waals surface area contributed by atoms with Gasteiger partial charge >= 0.3 is 21.1 Å². The number of nitrogens with zero attached hydrogens (tertiary/aromatic N) is 4. The van der Waals surface area contributed by atoms with Gasteiger partial charge in [0.05, 0.1) is 6.20 Å². The number of hydrogen-bond acceptors (Lipinski definition) is 3. The molecule has 0 aliphatic carbocycles. The van der Waals surface area contributed by atoms with Crippen LogP contribution in [0.2, 0.25) is 0 Å². The van der Waals surface area contributed by atoms with Gasteiger partial charge in [-0.25, -0.2) is 4.98 Å². The first-order valence-corrected chi connectivity index (χ1v) is 18.7. The van der Waals surface area contributed by atoms with Crippen molar-refractivity contribution in [1.29, 1.82) is 0 Å². The molecule has 7 rings (SSSR count). The van der Waals surface area contributed by atoms with E-state index in [4.69, 9.17) is 14.8 Å². The van der Waals surface area contributed by atoms with Crippen LogP contribution < -0.4 is 4.74 Å². The number of fused-ring (bicyclic) bond motifs is 3. The SMILES string of the molecule is CCCc1cc(C(C)(C)C)c(-c2cnn(-c3[c-]c(Oc4[c-]c5c(cc4)c4ccccc4n5-c4cc(C)ccn4)ccc3)c2)c(C(C)(C)C)c1CCC.[Pt+2]. The molecule has 0 amide bonds. The molecule has 0 aliphatic heterocycles. The third kappa shape index (κ3) is 7.51. The van der Waals surface area contributed by atoms with Crippen molar-refractivity contribution in [3.63, 3.8) is 0 Å². The van der Waals surface area contributed by atoms with E-state index in [9.17, 15) is 0 Å². The second-order valence-corrected chi connectivity index (χ2v) is 16.1. The average molecular weight is 882 g/mol. The Balaban J connectivity index is 0.00000481. The average Bonchev–Trinajstić information content (AvgIpc) is 3.71. The summed E-state index contributed by atoms with van der Waals surface area (Å²) in [6.45, 7) is 20.7. The predicted molar refractivity (Wildman–Crippen MR) is 215 cm³/mol. The van der Waals surface area contributed by atoms with E-state index in [2.05, 4.69) is 128 Å². The smallest absolute Gasteiger partial charge is 0.509 e. The molecule has 3 heterocycles. The Bertz CT molecular complexity index is 2400. The van der Waals surface area contributed by atoms with Crippen molar-refractivity contribution in [2.75, 3.05) is 0 Å². The van der Waals surface area contributed by atoms with Crippen molar-refractivity contribution in [1.82, 2.24) is 19.3 Å². The Hall–Kier alpha value is -4.47. The minimum atomic E-state index is -0.0384. The van der Waals surface area contributed by atoms with E-state index in [1.807, 2.05) is 47.4 Å². The van der Waals surface area contributed by atoms with Crippen LogP contribution in [0.1, 0.15) is 96.0 Å². The van der Waals surface area contributed by atoms with Crippen LogP contribution >= 0.6 is 0 Å². The van der Waals surface area contributed by atoms with E-state index >= 15 is 0 Å². The number of para-hydroxylation sites is 1. The van der Waals surface area contributed by atoms with Crippen molar-refractivity contribution in [2.24, 2.45) is 0 Å². The van der Waals surface area contributed by atoms with Gasteiger partial charge < -0.3 is 9.30 Å². The van der Waals surface area contributed by atoms with Gasteiger partial charge in [-0.15, -0.1) is 35.7 Å². The third-order valence-corrected chi connectivity index (χ3v) is 9.88. The number of pyridine rings is 1. The monoisotopic (exact) mass is 881 g/mol. The normalized spacial score (nSPS) is 12.0. The Morgan fingerprint density at radius 1 is 0.774 bits per heavy atom. The van der Waals surface area contributed by atoms with Crippen LogP contribution in [-0.2, 0) is 44.7 Å². The quantitative estimate of drug-likeness (QED) is 0.136. The molecule has 53 heavy (non-hydrogen) atoms. The van der Waals surface area contributed by atoms with Crippen molar-refractivity contribution in [2.45, 2.75) is 98.8 Å². The van der Waals surface area contributed by atoms with Gasteiger partial charge in [-0.2, -0.15) is 17.2 Å². The van der Waals surface area contributed by atoms with Crippen LogP contribution in [-0.4, -0.2) is 19.3 Å². The van der Waals surface area contributed by atoms with E-state index in [0.717, 1.165) is 70.1 Å². The fourth-order valence-corrected chi connectivity index (χ4v) is 7.67. The molecule has 0 N–H and O–H groups in total. The summed E-state index contributed by atoms with van der Waals surface area (Å²) in [7, 11) is 0. The fourth-order valence-electron chi connectivity index (χ4n) is 7.67. The Morgan fingerprint density at radius 2 is 1.53 bits per heavy atom. The van der Waals surface area contributed by atoms with E-state index in [0.29, 0.717) is 11.5 Å². The Kier molecular flexibility index (Phi) is 10.9. The van der Waals surface area contributed by atoms with Gasteiger partial charge in [0.15, 0.2) is 0 Å². The number of ether oxygens (including phenoxy) is 1. The minimum absolute atomic E-state index is 0. The number of benzene rings is 4. The molecule has 0 unspecified atom stereocenters. The molecule has 0 aliphatic rings. The van der Waals surface area contributed by atoms with E-state index < -0.39 is 0 Å². The molecular weight excluding hydrogens is 832 g/mol. The van der Waals surface area contributed by atoms with Crippen molar-refractivity contribution >= 4 is 21.8 Å². The summed E-state index contributed by atoms with van der Waals surface area (Å²) in [4.78, 5) is 4.71. The maximum atomic E-state index is 6.47. The summed E-state index contributed by atoms with van der Waals surface area (Å²) in [5, 5.41) is 7.17. The van der Waals surface area contributed by atoms with Crippen LogP contribution in [0.3, 0.4) is 0 Å². The molecule has 0 bridgehead atoms. The molecule has 0 spiro atoms. The Labute approximate surface area is 329 Å². The molecule has 0 saturated heterocycles. The van der Waals surface area contributed by atoms with Gasteiger partial charge in [0.25, 0.3) is 0 Å². The molecular formula is C47H50N4OPt. The third-order valence-electron chi connectivity index (χ3n) is 9.88. The first kappa shape index (κ1) is 38.3. The maximum absolute atomic E-state index is 6.47. The molecule has 0 atom stereocenters. The number of rotatable bonds is 9. The largest absolute Gasteiger partial charge is 2.00 e. The van der Waals surface area contributed by atoms with Gasteiger partial charge in [0.2, 0.25) is 0 Å². The van der Waals surface area contributed by atoms with E-state index in [1.165, 1.54) is 27.8 Å². The van der Waals surface area contributed by atoms with Crippen molar-refractivity contribution in [3.05, 3.63) is 131 Å². The fraction of sp³-hybridized carbons (Fsp3) is 0.319.